The summed E-state index contributed by atoms with van der Waals surface area (Å²) in [5, 5.41) is 3.88. The van der Waals surface area contributed by atoms with Crippen LogP contribution in [0.3, 0.4) is 0 Å². The van der Waals surface area contributed by atoms with Crippen LogP contribution in [0.5, 0.6) is 0 Å². The molecule has 2 aromatic rings. The van der Waals surface area contributed by atoms with E-state index in [-0.39, 0.29) is 5.54 Å². The minimum absolute atomic E-state index is 0.185. The Balaban J connectivity index is 1.71. The van der Waals surface area contributed by atoms with E-state index in [4.69, 9.17) is 0 Å². The molecule has 0 saturated heterocycles. The van der Waals surface area contributed by atoms with E-state index < -0.39 is 0 Å². The number of nitrogens with zero attached hydrogens (tertiary/aromatic N) is 2. The summed E-state index contributed by atoms with van der Waals surface area (Å²) in [6.45, 7) is 7.46. The standard InChI is InChI=1S/C18H25N3/c1-14(12-21-13-19-15(2)16(21)3)20-18(10-7-11-18)17-8-5-4-6-9-17/h4-6,8-9,13-14,20H,7,10-12H2,1-3H3/t14-/m1/s1. The Kier molecular flexibility index (Phi) is 3.85. The molecule has 1 heterocycles. The summed E-state index contributed by atoms with van der Waals surface area (Å²) in [4.78, 5) is 4.39. The van der Waals surface area contributed by atoms with Crippen molar-refractivity contribution in [3.63, 3.8) is 0 Å². The number of benzene rings is 1. The van der Waals surface area contributed by atoms with E-state index in [0.29, 0.717) is 6.04 Å². The van der Waals surface area contributed by atoms with Gasteiger partial charge in [0.15, 0.2) is 0 Å². The summed E-state index contributed by atoms with van der Waals surface area (Å²) in [7, 11) is 0. The van der Waals surface area contributed by atoms with Crippen LogP contribution in [0.15, 0.2) is 36.7 Å². The van der Waals surface area contributed by atoms with Gasteiger partial charge in [-0.1, -0.05) is 30.3 Å². The van der Waals surface area contributed by atoms with Gasteiger partial charge in [0, 0.05) is 23.8 Å². The molecule has 112 valence electrons. The molecule has 0 aliphatic heterocycles. The van der Waals surface area contributed by atoms with Gasteiger partial charge in [0.25, 0.3) is 0 Å². The Morgan fingerprint density at radius 3 is 2.48 bits per heavy atom. The summed E-state index contributed by atoms with van der Waals surface area (Å²) in [6, 6.07) is 11.3. The average Bonchev–Trinajstić information content (AvgIpc) is 2.76. The molecule has 1 aromatic heterocycles. The van der Waals surface area contributed by atoms with Crippen LogP contribution < -0.4 is 5.32 Å². The lowest BCUT2D eigenvalue weighted by Gasteiger charge is -2.45. The molecule has 0 unspecified atom stereocenters. The molecule has 1 saturated carbocycles. The van der Waals surface area contributed by atoms with Crippen molar-refractivity contribution in [1.29, 1.82) is 0 Å². The van der Waals surface area contributed by atoms with Gasteiger partial charge in [0.05, 0.1) is 12.0 Å². The lowest BCUT2D eigenvalue weighted by molar-refractivity contribution is 0.161. The summed E-state index contributed by atoms with van der Waals surface area (Å²) in [5.74, 6) is 0. The highest BCUT2D eigenvalue weighted by Crippen LogP contribution is 2.41. The van der Waals surface area contributed by atoms with Crippen LogP contribution in [0.25, 0.3) is 0 Å². The van der Waals surface area contributed by atoms with Crippen LogP contribution in [-0.2, 0) is 12.1 Å². The van der Waals surface area contributed by atoms with Crippen molar-refractivity contribution < 1.29 is 0 Å². The van der Waals surface area contributed by atoms with Gasteiger partial charge in [-0.3, -0.25) is 0 Å². The van der Waals surface area contributed by atoms with Crippen molar-refractivity contribution in [3.05, 3.63) is 53.6 Å². The zero-order chi connectivity index (χ0) is 14.9. The number of aryl methyl sites for hydroxylation is 1. The molecule has 1 atom stereocenters. The zero-order valence-electron chi connectivity index (χ0n) is 13.3. The zero-order valence-corrected chi connectivity index (χ0v) is 13.3. The topological polar surface area (TPSA) is 29.9 Å². The maximum Gasteiger partial charge on any atom is 0.0951 e. The van der Waals surface area contributed by atoms with Crippen LogP contribution in [0.1, 0.15) is 43.1 Å². The van der Waals surface area contributed by atoms with E-state index in [1.807, 2.05) is 6.33 Å². The molecule has 0 bridgehead atoms. The summed E-state index contributed by atoms with van der Waals surface area (Å²) >= 11 is 0. The second-order valence-corrected chi connectivity index (χ2v) is 6.41. The minimum atomic E-state index is 0.185. The van der Waals surface area contributed by atoms with Crippen LogP contribution >= 0.6 is 0 Å². The fourth-order valence-electron chi connectivity index (χ4n) is 3.34. The van der Waals surface area contributed by atoms with Gasteiger partial charge in [0.2, 0.25) is 0 Å². The molecule has 1 aliphatic rings. The fraction of sp³-hybridized carbons (Fsp3) is 0.500. The highest BCUT2D eigenvalue weighted by atomic mass is 15.1. The van der Waals surface area contributed by atoms with E-state index >= 15 is 0 Å². The number of nitrogens with one attached hydrogen (secondary N) is 1. The van der Waals surface area contributed by atoms with E-state index in [0.717, 1.165) is 12.2 Å². The molecular weight excluding hydrogens is 258 g/mol. The Morgan fingerprint density at radius 1 is 1.24 bits per heavy atom. The molecule has 3 nitrogen and oxygen atoms in total. The van der Waals surface area contributed by atoms with Crippen molar-refractivity contribution in [3.8, 4) is 0 Å². The predicted octanol–water partition coefficient (Wildman–Crippen LogP) is 3.56. The third kappa shape index (κ3) is 2.75. The maximum absolute atomic E-state index is 4.39. The monoisotopic (exact) mass is 283 g/mol. The molecule has 3 rings (SSSR count). The fourth-order valence-corrected chi connectivity index (χ4v) is 3.34. The molecule has 0 radical (unpaired) electrons. The normalized spacial score (nSPS) is 18.2. The van der Waals surface area contributed by atoms with Crippen LogP contribution in [0.4, 0.5) is 0 Å². The number of imidazole rings is 1. The summed E-state index contributed by atoms with van der Waals surface area (Å²) in [5.41, 5.74) is 4.01. The van der Waals surface area contributed by atoms with Crippen LogP contribution in [-0.4, -0.2) is 15.6 Å². The first-order valence-corrected chi connectivity index (χ1v) is 7.92. The van der Waals surface area contributed by atoms with Crippen LogP contribution in [0.2, 0.25) is 0 Å². The number of hydrogen-bond donors (Lipinski definition) is 1. The molecule has 1 N–H and O–H groups in total. The highest BCUT2D eigenvalue weighted by Gasteiger charge is 2.39. The molecule has 0 spiro atoms. The van der Waals surface area contributed by atoms with Gasteiger partial charge in [0.1, 0.15) is 0 Å². The summed E-state index contributed by atoms with van der Waals surface area (Å²) in [6.07, 6.45) is 5.75. The van der Waals surface area contributed by atoms with Crippen molar-refractivity contribution in [2.45, 2.75) is 58.2 Å². The molecule has 1 aromatic carbocycles. The van der Waals surface area contributed by atoms with Gasteiger partial charge in [-0.25, -0.2) is 4.98 Å². The number of aromatic nitrogens is 2. The van der Waals surface area contributed by atoms with E-state index in [2.05, 4.69) is 66.0 Å². The van der Waals surface area contributed by atoms with E-state index in [1.165, 1.54) is 30.5 Å². The molecular formula is C18H25N3. The number of rotatable bonds is 5. The Morgan fingerprint density at radius 2 is 1.95 bits per heavy atom. The molecule has 1 aliphatic carbocycles. The summed E-state index contributed by atoms with van der Waals surface area (Å²) < 4.78 is 2.25. The molecule has 3 heteroatoms. The first-order chi connectivity index (χ1) is 10.1. The Bertz CT molecular complexity index is 596. The smallest absolute Gasteiger partial charge is 0.0951 e. The Hall–Kier alpha value is -1.61. The minimum Gasteiger partial charge on any atom is -0.333 e. The van der Waals surface area contributed by atoms with E-state index in [9.17, 15) is 0 Å². The third-order valence-electron chi connectivity index (χ3n) is 4.87. The number of hydrogen-bond acceptors (Lipinski definition) is 2. The first-order valence-electron chi connectivity index (χ1n) is 7.92. The lowest BCUT2D eigenvalue weighted by Crippen LogP contribution is -2.52. The molecule has 0 amide bonds. The average molecular weight is 283 g/mol. The van der Waals surface area contributed by atoms with Crippen molar-refractivity contribution in [2.24, 2.45) is 0 Å². The maximum atomic E-state index is 4.39. The predicted molar refractivity (Wildman–Crippen MR) is 86.3 cm³/mol. The molecule has 21 heavy (non-hydrogen) atoms. The van der Waals surface area contributed by atoms with Crippen molar-refractivity contribution in [1.82, 2.24) is 14.9 Å². The quantitative estimate of drug-likeness (QED) is 0.909. The molecule has 1 fully saturated rings. The van der Waals surface area contributed by atoms with Crippen molar-refractivity contribution in [2.75, 3.05) is 0 Å². The Labute approximate surface area is 127 Å². The van der Waals surface area contributed by atoms with Gasteiger partial charge in [-0.05, 0) is 45.6 Å². The van der Waals surface area contributed by atoms with Gasteiger partial charge >= 0.3 is 0 Å². The third-order valence-corrected chi connectivity index (χ3v) is 4.87. The second kappa shape index (κ2) is 5.64. The van der Waals surface area contributed by atoms with Crippen molar-refractivity contribution >= 4 is 0 Å². The van der Waals surface area contributed by atoms with Gasteiger partial charge in [-0.2, -0.15) is 0 Å². The van der Waals surface area contributed by atoms with Gasteiger partial charge < -0.3 is 9.88 Å². The van der Waals surface area contributed by atoms with E-state index in [1.54, 1.807) is 0 Å². The van der Waals surface area contributed by atoms with Gasteiger partial charge in [-0.15, -0.1) is 0 Å². The highest BCUT2D eigenvalue weighted by molar-refractivity contribution is 5.27. The lowest BCUT2D eigenvalue weighted by atomic mass is 9.71. The second-order valence-electron chi connectivity index (χ2n) is 6.41. The van der Waals surface area contributed by atoms with Crippen LogP contribution in [0, 0.1) is 13.8 Å². The first kappa shape index (κ1) is 14.3. The SMILES string of the molecule is Cc1ncn(C[C@@H](C)NC2(c3ccccc3)CCC2)c1C. The largest absolute Gasteiger partial charge is 0.333 e.